The molecule has 0 aliphatic carbocycles. The Kier molecular flexibility index (Phi) is 4.89. The topological polar surface area (TPSA) is 87.3 Å². The standard InChI is InChI=1S/C17H18N4O3S/c1-4-5-14-20-21-15(18)11(16(22)19-17(21)25-14)8-10-6-7-12(23-2)13(9-10)24-3/h6-9,18H,4-5H2,1-3H3/b11-8-,18-15?. The lowest BCUT2D eigenvalue weighted by molar-refractivity contribution is -0.114. The molecule has 130 valence electrons. The van der Waals surface area contributed by atoms with Crippen LogP contribution < -0.4 is 9.47 Å². The fourth-order valence-electron chi connectivity index (χ4n) is 2.46. The number of aliphatic imine (C=N–C) groups is 1. The second kappa shape index (κ2) is 7.10. The van der Waals surface area contributed by atoms with Crippen molar-refractivity contribution in [3.05, 3.63) is 29.3 Å². The lowest BCUT2D eigenvalue weighted by Gasteiger charge is -2.20. The minimum absolute atomic E-state index is 0.0309. The number of benzene rings is 1. The molecule has 7 nitrogen and oxygen atoms in total. The number of carbonyl (C=O) groups is 1. The Hall–Kier alpha value is -2.61. The Bertz CT molecular complexity index is 829. The molecule has 0 unspecified atom stereocenters. The SMILES string of the molecule is CCCC1=NN2C(=N)/C(=C/c3ccc(OC)c(OC)c3)C(=O)N=C2S1. The molecule has 0 fully saturated rings. The number of amides is 1. The smallest absolute Gasteiger partial charge is 0.283 e. The number of amidine groups is 2. The van der Waals surface area contributed by atoms with Gasteiger partial charge >= 0.3 is 0 Å². The van der Waals surface area contributed by atoms with E-state index in [1.54, 1.807) is 38.5 Å². The van der Waals surface area contributed by atoms with Gasteiger partial charge in [-0.1, -0.05) is 13.0 Å². The molecule has 1 aromatic rings. The molecule has 0 radical (unpaired) electrons. The monoisotopic (exact) mass is 358 g/mol. The highest BCUT2D eigenvalue weighted by atomic mass is 32.2. The third kappa shape index (κ3) is 3.30. The van der Waals surface area contributed by atoms with E-state index in [9.17, 15) is 4.79 Å². The van der Waals surface area contributed by atoms with Crippen LogP contribution in [0.1, 0.15) is 25.3 Å². The summed E-state index contributed by atoms with van der Waals surface area (Å²) in [6, 6.07) is 5.29. The van der Waals surface area contributed by atoms with Crippen molar-refractivity contribution in [1.29, 1.82) is 5.41 Å². The maximum Gasteiger partial charge on any atom is 0.283 e. The molecule has 2 aliphatic rings. The lowest BCUT2D eigenvalue weighted by atomic mass is 10.1. The van der Waals surface area contributed by atoms with Crippen molar-refractivity contribution < 1.29 is 14.3 Å². The second-order valence-electron chi connectivity index (χ2n) is 5.38. The van der Waals surface area contributed by atoms with Gasteiger partial charge in [-0.25, -0.2) is 0 Å². The molecule has 1 N–H and O–H groups in total. The van der Waals surface area contributed by atoms with Crippen molar-refractivity contribution in [3.63, 3.8) is 0 Å². The first-order valence-corrected chi connectivity index (χ1v) is 8.60. The molecule has 3 rings (SSSR count). The molecule has 8 heteroatoms. The molecular formula is C17H18N4O3S. The number of methoxy groups -OCH3 is 2. The van der Waals surface area contributed by atoms with Crippen LogP contribution in [0, 0.1) is 5.41 Å². The van der Waals surface area contributed by atoms with Gasteiger partial charge in [0.1, 0.15) is 5.04 Å². The van der Waals surface area contributed by atoms with Gasteiger partial charge in [0.25, 0.3) is 5.91 Å². The zero-order chi connectivity index (χ0) is 18.0. The van der Waals surface area contributed by atoms with Crippen LogP contribution >= 0.6 is 11.8 Å². The van der Waals surface area contributed by atoms with Gasteiger partial charge < -0.3 is 9.47 Å². The number of thioether (sulfide) groups is 1. The predicted octanol–water partition coefficient (Wildman–Crippen LogP) is 3.12. The van der Waals surface area contributed by atoms with Crippen molar-refractivity contribution in [3.8, 4) is 11.5 Å². The van der Waals surface area contributed by atoms with Crippen molar-refractivity contribution in [1.82, 2.24) is 5.01 Å². The average molecular weight is 358 g/mol. The first kappa shape index (κ1) is 17.2. The minimum atomic E-state index is -0.438. The predicted molar refractivity (Wildman–Crippen MR) is 99.5 cm³/mol. The average Bonchev–Trinajstić information content (AvgIpc) is 3.01. The van der Waals surface area contributed by atoms with E-state index in [0.717, 1.165) is 17.9 Å². The number of hydrogen-bond acceptors (Lipinski definition) is 6. The van der Waals surface area contributed by atoms with Gasteiger partial charge in [0.15, 0.2) is 17.3 Å². The van der Waals surface area contributed by atoms with Gasteiger partial charge in [-0.2, -0.15) is 15.1 Å². The van der Waals surface area contributed by atoms with Crippen LogP contribution in [-0.4, -0.2) is 41.2 Å². The van der Waals surface area contributed by atoms with Crippen LogP contribution in [0.4, 0.5) is 0 Å². The number of rotatable bonds is 5. The number of fused-ring (bicyclic) bond motifs is 1. The molecule has 0 saturated carbocycles. The van der Waals surface area contributed by atoms with E-state index in [-0.39, 0.29) is 11.4 Å². The molecule has 25 heavy (non-hydrogen) atoms. The summed E-state index contributed by atoms with van der Waals surface area (Å²) in [4.78, 5) is 16.4. The summed E-state index contributed by atoms with van der Waals surface area (Å²) < 4.78 is 10.5. The molecule has 1 aromatic carbocycles. The van der Waals surface area contributed by atoms with Gasteiger partial charge in [-0.05, 0) is 48.4 Å². The van der Waals surface area contributed by atoms with E-state index in [0.29, 0.717) is 22.2 Å². The van der Waals surface area contributed by atoms with E-state index in [2.05, 4.69) is 17.0 Å². The Morgan fingerprint density at radius 1 is 1.28 bits per heavy atom. The van der Waals surface area contributed by atoms with Gasteiger partial charge in [0.2, 0.25) is 5.17 Å². The van der Waals surface area contributed by atoms with E-state index in [1.807, 2.05) is 0 Å². The van der Waals surface area contributed by atoms with Crippen LogP contribution in [0.15, 0.2) is 33.9 Å². The van der Waals surface area contributed by atoms with Crippen molar-refractivity contribution >= 4 is 39.8 Å². The molecule has 0 atom stereocenters. The molecule has 0 spiro atoms. The van der Waals surface area contributed by atoms with Gasteiger partial charge in [-0.15, -0.1) is 0 Å². The van der Waals surface area contributed by atoms with Crippen LogP contribution in [0.25, 0.3) is 6.08 Å². The van der Waals surface area contributed by atoms with Crippen molar-refractivity contribution in [2.75, 3.05) is 14.2 Å². The van der Waals surface area contributed by atoms with E-state index < -0.39 is 5.91 Å². The largest absolute Gasteiger partial charge is 0.493 e. The number of nitrogens with zero attached hydrogens (tertiary/aromatic N) is 3. The number of ether oxygens (including phenoxy) is 2. The van der Waals surface area contributed by atoms with Crippen molar-refractivity contribution in [2.45, 2.75) is 19.8 Å². The molecule has 0 saturated heterocycles. The van der Waals surface area contributed by atoms with Crippen LogP contribution in [0.3, 0.4) is 0 Å². The van der Waals surface area contributed by atoms with E-state index >= 15 is 0 Å². The highest BCUT2D eigenvalue weighted by Gasteiger charge is 2.35. The molecule has 1 amide bonds. The maximum atomic E-state index is 12.4. The van der Waals surface area contributed by atoms with Gasteiger partial charge in [0.05, 0.1) is 19.8 Å². The highest BCUT2D eigenvalue weighted by molar-refractivity contribution is 8.26. The third-order valence-corrected chi connectivity index (χ3v) is 4.65. The van der Waals surface area contributed by atoms with Crippen LogP contribution in [0.5, 0.6) is 11.5 Å². The first-order valence-electron chi connectivity index (χ1n) is 7.78. The summed E-state index contributed by atoms with van der Waals surface area (Å²) in [5, 5.41) is 15.5. The summed E-state index contributed by atoms with van der Waals surface area (Å²) in [7, 11) is 3.11. The van der Waals surface area contributed by atoms with Gasteiger partial charge in [0, 0.05) is 0 Å². The summed E-state index contributed by atoms with van der Waals surface area (Å²) in [5.41, 5.74) is 0.909. The van der Waals surface area contributed by atoms with Crippen LogP contribution in [-0.2, 0) is 4.79 Å². The number of nitrogens with one attached hydrogen (secondary N) is 1. The summed E-state index contributed by atoms with van der Waals surface area (Å²) in [6.07, 6.45) is 3.36. The van der Waals surface area contributed by atoms with E-state index in [4.69, 9.17) is 14.9 Å². The molecule has 2 aliphatic heterocycles. The van der Waals surface area contributed by atoms with E-state index in [1.165, 1.54) is 16.8 Å². The second-order valence-corrected chi connectivity index (χ2v) is 6.42. The Labute approximate surface area is 149 Å². The first-order chi connectivity index (χ1) is 12.1. The highest BCUT2D eigenvalue weighted by Crippen LogP contribution is 2.31. The minimum Gasteiger partial charge on any atom is -0.493 e. The molecule has 0 bridgehead atoms. The zero-order valence-corrected chi connectivity index (χ0v) is 15.0. The summed E-state index contributed by atoms with van der Waals surface area (Å²) in [5.74, 6) is 0.741. The summed E-state index contributed by atoms with van der Waals surface area (Å²) >= 11 is 1.35. The van der Waals surface area contributed by atoms with Crippen molar-refractivity contribution in [2.24, 2.45) is 10.1 Å². The molecule has 0 aromatic heterocycles. The molecular weight excluding hydrogens is 340 g/mol. The maximum absolute atomic E-state index is 12.4. The number of hydrogen-bond donors (Lipinski definition) is 1. The quantitative estimate of drug-likeness (QED) is 0.817. The summed E-state index contributed by atoms with van der Waals surface area (Å²) in [6.45, 7) is 2.06. The normalized spacial score (nSPS) is 18.2. The fourth-order valence-corrected chi connectivity index (χ4v) is 3.44. The Morgan fingerprint density at radius 2 is 2.04 bits per heavy atom. The Morgan fingerprint density at radius 3 is 2.72 bits per heavy atom. The number of carbonyl (C=O) groups excluding carboxylic acids is 1. The van der Waals surface area contributed by atoms with Crippen LogP contribution in [0.2, 0.25) is 0 Å². The molecule has 2 heterocycles. The lowest BCUT2D eigenvalue weighted by Crippen LogP contribution is -2.35. The van der Waals surface area contributed by atoms with Gasteiger partial charge in [-0.3, -0.25) is 10.2 Å². The number of hydrazone groups is 1. The Balaban J connectivity index is 1.94. The fraction of sp³-hybridized carbons (Fsp3) is 0.294. The zero-order valence-electron chi connectivity index (χ0n) is 14.2. The third-order valence-electron chi connectivity index (χ3n) is 3.68.